The summed E-state index contributed by atoms with van der Waals surface area (Å²) in [5, 5.41) is 1.97. The summed E-state index contributed by atoms with van der Waals surface area (Å²) in [6.45, 7) is 3.94. The highest BCUT2D eigenvalue weighted by atomic mass is 32.1. The number of esters is 1. The molecule has 2 heterocycles. The van der Waals surface area contributed by atoms with Crippen LogP contribution in [0.4, 0.5) is 0 Å². The van der Waals surface area contributed by atoms with Gasteiger partial charge in [-0.25, -0.2) is 4.79 Å². The monoisotopic (exact) mass is 376 g/mol. The second-order valence-electron chi connectivity index (χ2n) is 6.32. The Bertz CT molecular complexity index is 1070. The molecule has 0 atom stereocenters. The van der Waals surface area contributed by atoms with E-state index in [1.54, 1.807) is 47.7 Å². The lowest BCUT2D eigenvalue weighted by molar-refractivity contribution is 0.0734. The van der Waals surface area contributed by atoms with Crippen molar-refractivity contribution in [2.75, 3.05) is 0 Å². The zero-order valence-electron chi connectivity index (χ0n) is 14.8. The van der Waals surface area contributed by atoms with Crippen molar-refractivity contribution in [2.24, 2.45) is 0 Å². The van der Waals surface area contributed by atoms with Crippen LogP contribution in [0, 0.1) is 13.8 Å². The smallest absolute Gasteiger partial charge is 0.343 e. The van der Waals surface area contributed by atoms with E-state index >= 15 is 0 Å². The number of carbonyl (C=O) groups excluding carboxylic acids is 2. The third-order valence-electron chi connectivity index (χ3n) is 4.30. The van der Waals surface area contributed by atoms with Crippen molar-refractivity contribution >= 4 is 29.2 Å². The highest BCUT2D eigenvalue weighted by molar-refractivity contribution is 7.11. The van der Waals surface area contributed by atoms with E-state index < -0.39 is 5.97 Å². The first kappa shape index (κ1) is 17.2. The second kappa shape index (κ2) is 6.85. The summed E-state index contributed by atoms with van der Waals surface area (Å²) in [7, 11) is 0. The first-order valence-corrected chi connectivity index (χ1v) is 9.30. The van der Waals surface area contributed by atoms with E-state index in [1.807, 2.05) is 37.4 Å². The van der Waals surface area contributed by atoms with E-state index in [-0.39, 0.29) is 11.5 Å². The zero-order chi connectivity index (χ0) is 19.0. The minimum atomic E-state index is -0.454. The molecule has 0 aliphatic carbocycles. The van der Waals surface area contributed by atoms with Gasteiger partial charge in [0.1, 0.15) is 11.5 Å². The van der Waals surface area contributed by atoms with Crippen LogP contribution < -0.4 is 9.47 Å². The molecular weight excluding hydrogens is 360 g/mol. The number of hydrogen-bond donors (Lipinski definition) is 0. The topological polar surface area (TPSA) is 52.6 Å². The van der Waals surface area contributed by atoms with E-state index in [1.165, 1.54) is 0 Å². The number of carbonyl (C=O) groups is 2. The van der Waals surface area contributed by atoms with Gasteiger partial charge in [-0.05, 0) is 55.1 Å². The molecule has 1 aromatic heterocycles. The Labute approximate surface area is 160 Å². The molecule has 0 fully saturated rings. The van der Waals surface area contributed by atoms with Crippen molar-refractivity contribution in [1.29, 1.82) is 0 Å². The number of benzene rings is 2. The van der Waals surface area contributed by atoms with E-state index in [0.29, 0.717) is 22.6 Å². The molecule has 0 bridgehead atoms. The van der Waals surface area contributed by atoms with Crippen molar-refractivity contribution in [2.45, 2.75) is 13.8 Å². The Balaban J connectivity index is 1.56. The molecule has 0 amide bonds. The van der Waals surface area contributed by atoms with Crippen molar-refractivity contribution in [1.82, 2.24) is 0 Å². The van der Waals surface area contributed by atoms with Gasteiger partial charge >= 0.3 is 5.97 Å². The van der Waals surface area contributed by atoms with Crippen LogP contribution in [0.2, 0.25) is 0 Å². The van der Waals surface area contributed by atoms with E-state index in [4.69, 9.17) is 9.47 Å². The summed E-state index contributed by atoms with van der Waals surface area (Å²) >= 11 is 1.55. The summed E-state index contributed by atoms with van der Waals surface area (Å²) in [5.74, 6) is 0.381. The third-order valence-corrected chi connectivity index (χ3v) is 5.27. The lowest BCUT2D eigenvalue weighted by atomic mass is 10.1. The number of fused-ring (bicyclic) bond motifs is 1. The van der Waals surface area contributed by atoms with Crippen molar-refractivity contribution in [3.8, 4) is 11.5 Å². The first-order chi connectivity index (χ1) is 13.0. The number of ketones is 1. The maximum absolute atomic E-state index is 12.5. The fraction of sp³-hybridized carbons (Fsp3) is 0.0909. The van der Waals surface area contributed by atoms with Crippen LogP contribution in [-0.4, -0.2) is 11.8 Å². The van der Waals surface area contributed by atoms with Gasteiger partial charge in [-0.3, -0.25) is 4.79 Å². The van der Waals surface area contributed by atoms with E-state index in [2.05, 4.69) is 0 Å². The van der Waals surface area contributed by atoms with Crippen LogP contribution in [0.25, 0.3) is 6.08 Å². The van der Waals surface area contributed by atoms with Gasteiger partial charge in [-0.15, -0.1) is 11.3 Å². The van der Waals surface area contributed by atoms with Gasteiger partial charge in [0.05, 0.1) is 11.1 Å². The number of allylic oxidation sites excluding steroid dienone is 1. The fourth-order valence-electron chi connectivity index (χ4n) is 2.74. The van der Waals surface area contributed by atoms with E-state index in [9.17, 15) is 9.59 Å². The molecule has 0 radical (unpaired) electrons. The Morgan fingerprint density at radius 2 is 1.85 bits per heavy atom. The Morgan fingerprint density at radius 1 is 1.07 bits per heavy atom. The number of rotatable bonds is 3. The minimum Gasteiger partial charge on any atom is -0.452 e. The van der Waals surface area contributed by atoms with Gasteiger partial charge in [0.25, 0.3) is 0 Å². The van der Waals surface area contributed by atoms with E-state index in [0.717, 1.165) is 16.0 Å². The largest absolute Gasteiger partial charge is 0.452 e. The lowest BCUT2D eigenvalue weighted by Crippen LogP contribution is -2.08. The SMILES string of the molecule is Cc1ccc(C(=O)Oc2ccc3c(c2)O/C(=C/c2sccc2C)C3=O)cc1. The number of aryl methyl sites for hydroxylation is 2. The molecule has 1 aliphatic heterocycles. The molecule has 4 rings (SSSR count). The lowest BCUT2D eigenvalue weighted by Gasteiger charge is -2.06. The average molecular weight is 376 g/mol. The molecule has 0 saturated carbocycles. The maximum atomic E-state index is 12.5. The molecule has 0 saturated heterocycles. The van der Waals surface area contributed by atoms with Gasteiger partial charge in [0.2, 0.25) is 5.78 Å². The highest BCUT2D eigenvalue weighted by Crippen LogP contribution is 2.35. The van der Waals surface area contributed by atoms with Crippen LogP contribution in [0.5, 0.6) is 11.5 Å². The number of Topliss-reactive ketones (excluding diaryl/α,β-unsaturated/α-hetero) is 1. The first-order valence-electron chi connectivity index (χ1n) is 8.42. The minimum absolute atomic E-state index is 0.172. The van der Waals surface area contributed by atoms with Crippen molar-refractivity contribution in [3.05, 3.63) is 86.8 Å². The molecule has 27 heavy (non-hydrogen) atoms. The van der Waals surface area contributed by atoms with Crippen LogP contribution in [0.3, 0.4) is 0 Å². The Hall–Kier alpha value is -3.18. The van der Waals surface area contributed by atoms with Gasteiger partial charge in [0.15, 0.2) is 5.76 Å². The normalized spacial score (nSPS) is 14.1. The third kappa shape index (κ3) is 3.41. The Kier molecular flexibility index (Phi) is 4.38. The predicted molar refractivity (Wildman–Crippen MR) is 105 cm³/mol. The van der Waals surface area contributed by atoms with Crippen LogP contribution in [0.1, 0.15) is 36.7 Å². The molecular formula is C22H16O4S. The molecule has 4 nitrogen and oxygen atoms in total. The van der Waals surface area contributed by atoms with Gasteiger partial charge in [-0.1, -0.05) is 17.7 Å². The predicted octanol–water partition coefficient (Wildman–Crippen LogP) is 5.20. The summed E-state index contributed by atoms with van der Waals surface area (Å²) in [6, 6.07) is 13.9. The molecule has 2 aromatic carbocycles. The molecule has 5 heteroatoms. The standard InChI is InChI=1S/C22H16O4S/c1-13-3-5-15(6-4-13)22(24)25-16-7-8-17-18(11-16)26-19(21(17)23)12-20-14(2)9-10-27-20/h3-12H,1-2H3/b19-12+. The Morgan fingerprint density at radius 3 is 2.56 bits per heavy atom. The number of ether oxygens (including phenoxy) is 2. The number of thiophene rings is 1. The molecule has 0 unspecified atom stereocenters. The number of hydrogen-bond acceptors (Lipinski definition) is 5. The van der Waals surface area contributed by atoms with Gasteiger partial charge in [0, 0.05) is 17.0 Å². The quantitative estimate of drug-likeness (QED) is 0.358. The second-order valence-corrected chi connectivity index (χ2v) is 7.27. The van der Waals surface area contributed by atoms with Crippen molar-refractivity contribution in [3.63, 3.8) is 0 Å². The fourth-order valence-corrected chi connectivity index (χ4v) is 3.59. The summed E-state index contributed by atoms with van der Waals surface area (Å²) in [6.07, 6.45) is 1.75. The van der Waals surface area contributed by atoms with Crippen LogP contribution in [0.15, 0.2) is 59.7 Å². The molecule has 134 valence electrons. The molecule has 0 spiro atoms. The van der Waals surface area contributed by atoms with Crippen molar-refractivity contribution < 1.29 is 19.1 Å². The molecule has 1 aliphatic rings. The van der Waals surface area contributed by atoms with Gasteiger partial charge < -0.3 is 9.47 Å². The van der Waals surface area contributed by atoms with Crippen LogP contribution in [-0.2, 0) is 0 Å². The summed E-state index contributed by atoms with van der Waals surface area (Å²) in [5.41, 5.74) is 3.08. The summed E-state index contributed by atoms with van der Waals surface area (Å²) < 4.78 is 11.1. The highest BCUT2D eigenvalue weighted by Gasteiger charge is 2.28. The zero-order valence-corrected chi connectivity index (χ0v) is 15.6. The van der Waals surface area contributed by atoms with Gasteiger partial charge in [-0.2, -0.15) is 0 Å². The summed E-state index contributed by atoms with van der Waals surface area (Å²) in [4.78, 5) is 25.8. The van der Waals surface area contributed by atoms with Crippen LogP contribution >= 0.6 is 11.3 Å². The maximum Gasteiger partial charge on any atom is 0.343 e. The molecule has 3 aromatic rings. The average Bonchev–Trinajstić information content (AvgIpc) is 3.19. The molecule has 0 N–H and O–H groups in total.